The second kappa shape index (κ2) is 9.60. The quantitative estimate of drug-likeness (QED) is 0.234. The first-order valence-electron chi connectivity index (χ1n) is 13.1. The van der Waals surface area contributed by atoms with Gasteiger partial charge in [0.15, 0.2) is 0 Å². The van der Waals surface area contributed by atoms with Gasteiger partial charge in [0, 0.05) is 11.6 Å². The fourth-order valence-electron chi connectivity index (χ4n) is 7.09. The SMILES string of the molecule is CCCCOC(=O)/C=C/c1ccc(-c2ccc(OC)c(C3(C)CC4CC5CC(C3)C5C4)c2)cc1. The molecule has 5 unspecified atom stereocenters. The lowest BCUT2D eigenvalue weighted by molar-refractivity contribution is -0.137. The Hall–Kier alpha value is -2.55. The van der Waals surface area contributed by atoms with Crippen molar-refractivity contribution >= 4 is 12.0 Å². The van der Waals surface area contributed by atoms with E-state index in [1.165, 1.54) is 54.9 Å². The van der Waals surface area contributed by atoms with Crippen LogP contribution in [0.3, 0.4) is 0 Å². The summed E-state index contributed by atoms with van der Waals surface area (Å²) in [4.78, 5) is 11.8. The van der Waals surface area contributed by atoms with Crippen LogP contribution in [0.25, 0.3) is 17.2 Å². The molecular formula is C31H38O3. The summed E-state index contributed by atoms with van der Waals surface area (Å²) in [6.45, 7) is 5.05. The van der Waals surface area contributed by atoms with Crippen LogP contribution >= 0.6 is 0 Å². The lowest BCUT2D eigenvalue weighted by atomic mass is 9.59. The highest BCUT2D eigenvalue weighted by atomic mass is 16.5. The number of benzene rings is 2. The molecule has 3 heteroatoms. The molecule has 5 atom stereocenters. The van der Waals surface area contributed by atoms with Crippen molar-refractivity contribution < 1.29 is 14.3 Å². The van der Waals surface area contributed by atoms with E-state index in [2.05, 4.69) is 56.3 Å². The van der Waals surface area contributed by atoms with E-state index in [-0.39, 0.29) is 11.4 Å². The number of hydrogen-bond donors (Lipinski definition) is 0. The number of carbonyl (C=O) groups is 1. The Morgan fingerprint density at radius 2 is 1.82 bits per heavy atom. The summed E-state index contributed by atoms with van der Waals surface area (Å²) in [7, 11) is 1.80. The molecule has 2 aromatic rings. The van der Waals surface area contributed by atoms with Gasteiger partial charge in [0.2, 0.25) is 0 Å². The highest BCUT2D eigenvalue weighted by Gasteiger charge is 2.54. The Morgan fingerprint density at radius 1 is 1.03 bits per heavy atom. The van der Waals surface area contributed by atoms with Gasteiger partial charge in [0.05, 0.1) is 13.7 Å². The topological polar surface area (TPSA) is 35.5 Å². The highest BCUT2D eigenvalue weighted by molar-refractivity contribution is 5.87. The van der Waals surface area contributed by atoms with Crippen LogP contribution in [-0.2, 0) is 14.9 Å². The number of methoxy groups -OCH3 is 1. The van der Waals surface area contributed by atoms with Gasteiger partial charge >= 0.3 is 5.97 Å². The lowest BCUT2D eigenvalue weighted by Crippen LogP contribution is -2.38. The summed E-state index contributed by atoms with van der Waals surface area (Å²) in [5.41, 5.74) is 4.97. The third-order valence-corrected chi connectivity index (χ3v) is 8.76. The first kappa shape index (κ1) is 23.2. The minimum Gasteiger partial charge on any atom is -0.496 e. The van der Waals surface area contributed by atoms with Crippen molar-refractivity contribution in [3.05, 3.63) is 59.7 Å². The molecular weight excluding hydrogens is 420 g/mol. The minimum absolute atomic E-state index is 0.178. The van der Waals surface area contributed by atoms with Gasteiger partial charge in [0.25, 0.3) is 0 Å². The van der Waals surface area contributed by atoms with Crippen LogP contribution in [0.15, 0.2) is 48.5 Å². The molecule has 0 N–H and O–H groups in total. The van der Waals surface area contributed by atoms with E-state index in [4.69, 9.17) is 9.47 Å². The number of hydrogen-bond acceptors (Lipinski definition) is 3. The first-order valence-corrected chi connectivity index (χ1v) is 13.1. The smallest absolute Gasteiger partial charge is 0.330 e. The second-order valence-corrected chi connectivity index (χ2v) is 11.1. The average molecular weight is 459 g/mol. The van der Waals surface area contributed by atoms with Crippen molar-refractivity contribution in [1.82, 2.24) is 0 Å². The van der Waals surface area contributed by atoms with Gasteiger partial charge in [-0.2, -0.15) is 0 Å². The maximum atomic E-state index is 11.8. The predicted octanol–water partition coefficient (Wildman–Crippen LogP) is 7.43. The molecule has 3 saturated carbocycles. The Labute approximate surface area is 204 Å². The van der Waals surface area contributed by atoms with Crippen LogP contribution in [0.2, 0.25) is 0 Å². The molecule has 0 aliphatic heterocycles. The monoisotopic (exact) mass is 458 g/mol. The van der Waals surface area contributed by atoms with Crippen molar-refractivity contribution in [1.29, 1.82) is 0 Å². The number of rotatable bonds is 8. The molecule has 5 rings (SSSR count). The summed E-state index contributed by atoms with van der Waals surface area (Å²) in [5.74, 6) is 4.54. The van der Waals surface area contributed by atoms with Gasteiger partial charge in [0.1, 0.15) is 5.75 Å². The van der Waals surface area contributed by atoms with Gasteiger partial charge in [-0.05, 0) is 103 Å². The molecule has 0 amide bonds. The first-order chi connectivity index (χ1) is 16.5. The van der Waals surface area contributed by atoms with E-state index in [0.717, 1.165) is 47.8 Å². The molecule has 34 heavy (non-hydrogen) atoms. The van der Waals surface area contributed by atoms with Crippen LogP contribution in [-0.4, -0.2) is 19.7 Å². The van der Waals surface area contributed by atoms with E-state index in [1.54, 1.807) is 7.11 Å². The van der Waals surface area contributed by atoms with Gasteiger partial charge < -0.3 is 9.47 Å². The molecule has 0 radical (unpaired) electrons. The minimum atomic E-state index is -0.277. The van der Waals surface area contributed by atoms with Gasteiger partial charge in [-0.1, -0.05) is 50.6 Å². The zero-order valence-electron chi connectivity index (χ0n) is 20.9. The summed E-state index contributed by atoms with van der Waals surface area (Å²) in [5, 5.41) is 0. The van der Waals surface area contributed by atoms with Crippen molar-refractivity contribution in [3.63, 3.8) is 0 Å². The normalized spacial score (nSPS) is 29.5. The molecule has 0 heterocycles. The van der Waals surface area contributed by atoms with Crippen LogP contribution in [0.1, 0.15) is 69.9 Å². The molecule has 180 valence electrons. The number of esters is 1. The molecule has 0 saturated heterocycles. The van der Waals surface area contributed by atoms with E-state index in [9.17, 15) is 4.79 Å². The van der Waals surface area contributed by atoms with E-state index in [0.29, 0.717) is 6.61 Å². The van der Waals surface area contributed by atoms with Crippen LogP contribution in [0.5, 0.6) is 5.75 Å². The number of unbranched alkanes of at least 4 members (excludes halogenated alkanes) is 1. The molecule has 3 aliphatic carbocycles. The number of fused-ring (bicyclic) bond motifs is 1. The third kappa shape index (κ3) is 4.54. The molecule has 0 spiro atoms. The van der Waals surface area contributed by atoms with Crippen molar-refractivity contribution in [2.75, 3.05) is 13.7 Å². The van der Waals surface area contributed by atoms with Gasteiger partial charge in [-0.3, -0.25) is 0 Å². The molecule has 3 fully saturated rings. The largest absolute Gasteiger partial charge is 0.496 e. The van der Waals surface area contributed by atoms with Crippen molar-refractivity contribution in [3.8, 4) is 16.9 Å². The van der Waals surface area contributed by atoms with E-state index in [1.807, 2.05) is 6.08 Å². The fourth-order valence-corrected chi connectivity index (χ4v) is 7.09. The maximum absolute atomic E-state index is 11.8. The number of ether oxygens (including phenoxy) is 2. The Kier molecular flexibility index (Phi) is 6.55. The van der Waals surface area contributed by atoms with Crippen LogP contribution in [0.4, 0.5) is 0 Å². The molecule has 3 aliphatic rings. The third-order valence-electron chi connectivity index (χ3n) is 8.76. The Morgan fingerprint density at radius 3 is 2.59 bits per heavy atom. The van der Waals surface area contributed by atoms with Crippen LogP contribution < -0.4 is 4.74 Å². The summed E-state index contributed by atoms with van der Waals surface area (Å²) >= 11 is 0. The average Bonchev–Trinajstić information content (AvgIpc) is 3.10. The zero-order chi connectivity index (χ0) is 23.7. The van der Waals surface area contributed by atoms with Gasteiger partial charge in [-0.25, -0.2) is 4.79 Å². The molecule has 0 aromatic heterocycles. The van der Waals surface area contributed by atoms with Crippen LogP contribution in [0, 0.1) is 23.7 Å². The second-order valence-electron chi connectivity index (χ2n) is 11.1. The summed E-state index contributed by atoms with van der Waals surface area (Å²) in [6.07, 6.45) is 12.2. The van der Waals surface area contributed by atoms with Crippen molar-refractivity contribution in [2.45, 2.75) is 64.2 Å². The fraction of sp³-hybridized carbons (Fsp3) is 0.516. The van der Waals surface area contributed by atoms with Gasteiger partial charge in [-0.15, -0.1) is 0 Å². The standard InChI is InChI=1S/C31H38O3/c1-4-5-14-34-30(32)13-8-21-6-9-23(10-7-21)24-11-12-29(33-3)28(18-24)31(2)19-22-15-25-17-26(20-31)27(25)16-22/h6-13,18,22,25-27H,4-5,14-17,19-20H2,1-3H3/b13-8+. The molecule has 2 aromatic carbocycles. The lowest BCUT2D eigenvalue weighted by Gasteiger charge is -2.46. The summed E-state index contributed by atoms with van der Waals surface area (Å²) < 4.78 is 11.1. The Bertz CT molecular complexity index is 1050. The van der Waals surface area contributed by atoms with E-state index >= 15 is 0 Å². The number of carbonyl (C=O) groups excluding carboxylic acids is 1. The maximum Gasteiger partial charge on any atom is 0.330 e. The molecule has 3 nitrogen and oxygen atoms in total. The summed E-state index contributed by atoms with van der Waals surface area (Å²) in [6, 6.07) is 15.1. The highest BCUT2D eigenvalue weighted by Crippen LogP contribution is 2.63. The van der Waals surface area contributed by atoms with Crippen molar-refractivity contribution in [2.24, 2.45) is 23.7 Å². The zero-order valence-corrected chi connectivity index (χ0v) is 20.9. The molecule has 2 bridgehead atoms. The predicted molar refractivity (Wildman–Crippen MR) is 138 cm³/mol. The van der Waals surface area contributed by atoms with E-state index < -0.39 is 0 Å². The Balaban J connectivity index is 1.35.